The van der Waals surface area contributed by atoms with Gasteiger partial charge in [-0.25, -0.2) is 8.42 Å². The molecule has 1 fully saturated rings. The summed E-state index contributed by atoms with van der Waals surface area (Å²) in [6.07, 6.45) is 2.73. The summed E-state index contributed by atoms with van der Waals surface area (Å²) in [5.41, 5.74) is 3.46. The Morgan fingerprint density at radius 3 is 2.52 bits per heavy atom. The fraction of sp³-hybridized carbons (Fsp3) is 0.316. The van der Waals surface area contributed by atoms with E-state index in [-0.39, 0.29) is 16.7 Å². The summed E-state index contributed by atoms with van der Waals surface area (Å²) in [4.78, 5) is 14.4. The lowest BCUT2D eigenvalue weighted by Crippen LogP contribution is -2.30. The minimum atomic E-state index is -3.61. The Hall–Kier alpha value is -2.34. The van der Waals surface area contributed by atoms with Gasteiger partial charge in [0, 0.05) is 23.8 Å². The van der Waals surface area contributed by atoms with Gasteiger partial charge in [0.2, 0.25) is 5.91 Å². The SMILES string of the molecule is Cc1ccc(S(=O)(=O)Nc2ccc3c(c2)CCN3C(=O)C2CC2)cc1. The first-order chi connectivity index (χ1) is 11.9. The number of nitrogens with one attached hydrogen (secondary N) is 1. The molecule has 1 aliphatic carbocycles. The van der Waals surface area contributed by atoms with Gasteiger partial charge < -0.3 is 4.90 Å². The average Bonchev–Trinajstić information content (AvgIpc) is 3.34. The molecule has 2 aromatic rings. The molecular weight excluding hydrogens is 336 g/mol. The van der Waals surface area contributed by atoms with E-state index in [9.17, 15) is 13.2 Å². The number of hydrogen-bond acceptors (Lipinski definition) is 3. The molecule has 0 atom stereocenters. The zero-order chi connectivity index (χ0) is 17.6. The largest absolute Gasteiger partial charge is 0.312 e. The lowest BCUT2D eigenvalue weighted by Gasteiger charge is -2.17. The van der Waals surface area contributed by atoms with Crippen molar-refractivity contribution in [1.82, 2.24) is 0 Å². The zero-order valence-corrected chi connectivity index (χ0v) is 14.8. The summed E-state index contributed by atoms with van der Waals surface area (Å²) in [7, 11) is -3.61. The highest BCUT2D eigenvalue weighted by Gasteiger charge is 2.36. The number of fused-ring (bicyclic) bond motifs is 1. The molecule has 6 heteroatoms. The molecule has 1 N–H and O–H groups in total. The number of carbonyl (C=O) groups excluding carboxylic acids is 1. The third-order valence-corrected chi connectivity index (χ3v) is 6.15. The van der Waals surface area contributed by atoms with Crippen LogP contribution in [0.25, 0.3) is 0 Å². The maximum atomic E-state index is 12.5. The van der Waals surface area contributed by atoms with E-state index in [0.29, 0.717) is 12.2 Å². The lowest BCUT2D eigenvalue weighted by molar-refractivity contribution is -0.119. The van der Waals surface area contributed by atoms with Crippen molar-refractivity contribution in [3.8, 4) is 0 Å². The van der Waals surface area contributed by atoms with Gasteiger partial charge in [-0.3, -0.25) is 9.52 Å². The number of benzene rings is 2. The molecule has 1 aliphatic heterocycles. The van der Waals surface area contributed by atoms with Crippen LogP contribution < -0.4 is 9.62 Å². The molecule has 0 saturated heterocycles. The Morgan fingerprint density at radius 1 is 1.12 bits per heavy atom. The number of rotatable bonds is 4. The number of sulfonamides is 1. The molecule has 4 rings (SSSR count). The molecule has 2 aromatic carbocycles. The van der Waals surface area contributed by atoms with E-state index < -0.39 is 10.0 Å². The third-order valence-electron chi connectivity index (χ3n) is 4.75. The second-order valence-corrected chi connectivity index (χ2v) is 8.46. The number of hydrogen-bond donors (Lipinski definition) is 1. The zero-order valence-electron chi connectivity index (χ0n) is 14.0. The topological polar surface area (TPSA) is 66.5 Å². The van der Waals surface area contributed by atoms with Gasteiger partial charge in [0.15, 0.2) is 0 Å². The number of amides is 1. The van der Waals surface area contributed by atoms with Crippen LogP contribution in [0.15, 0.2) is 47.4 Å². The summed E-state index contributed by atoms with van der Waals surface area (Å²) in [5, 5.41) is 0. The Bertz CT molecular complexity index is 932. The van der Waals surface area contributed by atoms with Gasteiger partial charge in [-0.2, -0.15) is 0 Å². The number of anilines is 2. The maximum Gasteiger partial charge on any atom is 0.261 e. The number of nitrogens with zero attached hydrogens (tertiary/aromatic N) is 1. The Kier molecular flexibility index (Phi) is 3.80. The van der Waals surface area contributed by atoms with Crippen molar-refractivity contribution in [2.24, 2.45) is 5.92 Å². The van der Waals surface area contributed by atoms with Crippen LogP contribution in [-0.2, 0) is 21.2 Å². The Labute approximate surface area is 147 Å². The van der Waals surface area contributed by atoms with E-state index in [0.717, 1.165) is 36.1 Å². The first kappa shape index (κ1) is 16.1. The number of carbonyl (C=O) groups is 1. The molecule has 5 nitrogen and oxygen atoms in total. The van der Waals surface area contributed by atoms with Crippen molar-refractivity contribution in [2.75, 3.05) is 16.2 Å². The fourth-order valence-electron chi connectivity index (χ4n) is 3.18. The van der Waals surface area contributed by atoms with Gasteiger partial charge in [0.25, 0.3) is 10.0 Å². The predicted octanol–water partition coefficient (Wildman–Crippen LogP) is 3.09. The second-order valence-electron chi connectivity index (χ2n) is 6.78. The summed E-state index contributed by atoms with van der Waals surface area (Å²) in [5.74, 6) is 0.386. The molecule has 2 aliphatic rings. The van der Waals surface area contributed by atoms with Crippen LogP contribution in [0.2, 0.25) is 0 Å². The maximum absolute atomic E-state index is 12.5. The van der Waals surface area contributed by atoms with Crippen LogP contribution >= 0.6 is 0 Å². The van der Waals surface area contributed by atoms with E-state index in [1.807, 2.05) is 24.0 Å². The Balaban J connectivity index is 1.56. The number of aryl methyl sites for hydroxylation is 1. The van der Waals surface area contributed by atoms with E-state index >= 15 is 0 Å². The first-order valence-electron chi connectivity index (χ1n) is 8.48. The standard InChI is InChI=1S/C19H20N2O3S/c1-13-2-7-17(8-3-13)25(23,24)20-16-6-9-18-15(12-16)10-11-21(18)19(22)14-4-5-14/h2-3,6-9,12,14,20H,4-5,10-11H2,1H3. The fourth-order valence-corrected chi connectivity index (χ4v) is 4.23. The van der Waals surface area contributed by atoms with Crippen LogP contribution in [0, 0.1) is 12.8 Å². The van der Waals surface area contributed by atoms with E-state index in [2.05, 4.69) is 4.72 Å². The van der Waals surface area contributed by atoms with Crippen LogP contribution in [0.3, 0.4) is 0 Å². The molecule has 25 heavy (non-hydrogen) atoms. The molecule has 0 spiro atoms. The summed E-state index contributed by atoms with van der Waals surface area (Å²) in [6, 6.07) is 12.2. The average molecular weight is 356 g/mol. The summed E-state index contributed by atoms with van der Waals surface area (Å²) >= 11 is 0. The van der Waals surface area contributed by atoms with Crippen molar-refractivity contribution in [2.45, 2.75) is 31.1 Å². The third kappa shape index (κ3) is 3.14. The molecule has 130 valence electrons. The van der Waals surface area contributed by atoms with Crippen molar-refractivity contribution in [1.29, 1.82) is 0 Å². The van der Waals surface area contributed by atoms with E-state index in [4.69, 9.17) is 0 Å². The molecular formula is C19H20N2O3S. The Morgan fingerprint density at radius 2 is 1.84 bits per heavy atom. The summed E-state index contributed by atoms with van der Waals surface area (Å²) in [6.45, 7) is 2.60. The molecule has 0 aromatic heterocycles. The summed E-state index contributed by atoms with van der Waals surface area (Å²) < 4.78 is 27.6. The lowest BCUT2D eigenvalue weighted by atomic mass is 10.1. The van der Waals surface area contributed by atoms with Gasteiger partial charge in [0.1, 0.15) is 0 Å². The van der Waals surface area contributed by atoms with Crippen molar-refractivity contribution < 1.29 is 13.2 Å². The minimum absolute atomic E-state index is 0.186. The van der Waals surface area contributed by atoms with Crippen molar-refractivity contribution >= 4 is 27.3 Å². The quantitative estimate of drug-likeness (QED) is 0.915. The molecule has 1 saturated carbocycles. The van der Waals surface area contributed by atoms with Crippen LogP contribution in [-0.4, -0.2) is 20.9 Å². The molecule has 0 radical (unpaired) electrons. The van der Waals surface area contributed by atoms with E-state index in [1.165, 1.54) is 0 Å². The van der Waals surface area contributed by atoms with Gasteiger partial charge in [-0.15, -0.1) is 0 Å². The molecule has 1 heterocycles. The van der Waals surface area contributed by atoms with Gasteiger partial charge in [-0.05, 0) is 62.1 Å². The van der Waals surface area contributed by atoms with E-state index in [1.54, 1.807) is 30.3 Å². The highest BCUT2D eigenvalue weighted by Crippen LogP contribution is 2.37. The van der Waals surface area contributed by atoms with Crippen molar-refractivity contribution in [3.63, 3.8) is 0 Å². The predicted molar refractivity (Wildman–Crippen MR) is 97.2 cm³/mol. The molecule has 0 unspecified atom stereocenters. The van der Waals surface area contributed by atoms with Crippen LogP contribution in [0.4, 0.5) is 11.4 Å². The van der Waals surface area contributed by atoms with Gasteiger partial charge >= 0.3 is 0 Å². The van der Waals surface area contributed by atoms with Crippen molar-refractivity contribution in [3.05, 3.63) is 53.6 Å². The first-order valence-corrected chi connectivity index (χ1v) is 9.96. The van der Waals surface area contributed by atoms with Gasteiger partial charge in [0.05, 0.1) is 4.90 Å². The van der Waals surface area contributed by atoms with Crippen LogP contribution in [0.5, 0.6) is 0 Å². The smallest absolute Gasteiger partial charge is 0.261 e. The minimum Gasteiger partial charge on any atom is -0.312 e. The highest BCUT2D eigenvalue weighted by atomic mass is 32.2. The van der Waals surface area contributed by atoms with Crippen LogP contribution in [0.1, 0.15) is 24.0 Å². The normalized spacial score (nSPS) is 16.6. The highest BCUT2D eigenvalue weighted by molar-refractivity contribution is 7.92. The second kappa shape index (κ2) is 5.88. The molecule has 1 amide bonds. The monoisotopic (exact) mass is 356 g/mol. The van der Waals surface area contributed by atoms with Gasteiger partial charge in [-0.1, -0.05) is 17.7 Å². The molecule has 0 bridgehead atoms.